The zero-order valence-corrected chi connectivity index (χ0v) is 10.3. The van der Waals surface area contributed by atoms with Crippen LogP contribution in [0.2, 0.25) is 0 Å². The first-order chi connectivity index (χ1) is 7.89. The van der Waals surface area contributed by atoms with Crippen molar-refractivity contribution in [3.05, 3.63) is 35.1 Å². The van der Waals surface area contributed by atoms with Gasteiger partial charge in [-0.2, -0.15) is 0 Å². The fraction of sp³-hybridized carbons (Fsp3) is 0.417. The zero-order chi connectivity index (χ0) is 12.6. The fourth-order valence-corrected chi connectivity index (χ4v) is 3.78. The number of ketones is 1. The molecular weight excluding hydrogens is 243 g/mol. The van der Waals surface area contributed by atoms with Crippen molar-refractivity contribution < 1.29 is 17.6 Å². The summed E-state index contributed by atoms with van der Waals surface area (Å²) in [5, 5.41) is 0. The van der Waals surface area contributed by atoms with Gasteiger partial charge in [0, 0.05) is 11.5 Å². The van der Waals surface area contributed by atoms with E-state index in [0.717, 1.165) is 0 Å². The molecule has 3 nitrogen and oxygen atoms in total. The molecule has 1 fully saturated rings. The van der Waals surface area contributed by atoms with Crippen molar-refractivity contribution in [3.63, 3.8) is 0 Å². The molecule has 17 heavy (non-hydrogen) atoms. The highest BCUT2D eigenvalue weighted by Gasteiger charge is 2.33. The van der Waals surface area contributed by atoms with Gasteiger partial charge in [0.15, 0.2) is 15.6 Å². The summed E-state index contributed by atoms with van der Waals surface area (Å²) in [5.74, 6) is -1.04. The Morgan fingerprint density at radius 3 is 2.65 bits per heavy atom. The van der Waals surface area contributed by atoms with Gasteiger partial charge in [0.25, 0.3) is 0 Å². The van der Waals surface area contributed by atoms with Crippen LogP contribution in [0, 0.1) is 18.7 Å². The number of halogens is 1. The summed E-state index contributed by atoms with van der Waals surface area (Å²) < 4.78 is 35.6. The smallest absolute Gasteiger partial charge is 0.167 e. The van der Waals surface area contributed by atoms with Crippen LogP contribution in [0.1, 0.15) is 22.3 Å². The molecule has 1 unspecified atom stereocenters. The van der Waals surface area contributed by atoms with Crippen molar-refractivity contribution >= 4 is 15.6 Å². The second-order valence-electron chi connectivity index (χ2n) is 4.43. The minimum Gasteiger partial charge on any atom is -0.294 e. The van der Waals surface area contributed by atoms with E-state index in [-0.39, 0.29) is 23.1 Å². The highest BCUT2D eigenvalue weighted by molar-refractivity contribution is 7.91. The van der Waals surface area contributed by atoms with E-state index in [1.807, 2.05) is 0 Å². The van der Waals surface area contributed by atoms with Crippen LogP contribution in [-0.4, -0.2) is 25.7 Å². The zero-order valence-electron chi connectivity index (χ0n) is 9.44. The lowest BCUT2D eigenvalue weighted by molar-refractivity contribution is 0.0933. The lowest BCUT2D eigenvalue weighted by atomic mass is 9.96. The number of hydrogen-bond donors (Lipinski definition) is 0. The third-order valence-electron chi connectivity index (χ3n) is 3.05. The number of benzene rings is 1. The molecule has 0 saturated carbocycles. The summed E-state index contributed by atoms with van der Waals surface area (Å²) in [6.07, 6.45) is 0.373. The molecule has 0 aromatic heterocycles. The normalized spacial score (nSPS) is 22.6. The second-order valence-corrected chi connectivity index (χ2v) is 6.66. The number of carbonyl (C=O) groups is 1. The molecular formula is C12H13FO3S. The summed E-state index contributed by atoms with van der Waals surface area (Å²) >= 11 is 0. The maximum Gasteiger partial charge on any atom is 0.167 e. The Morgan fingerprint density at radius 2 is 2.12 bits per heavy atom. The quantitative estimate of drug-likeness (QED) is 0.757. The number of Topliss-reactive ketones (excluding diaryl/α,β-unsaturated/α-hetero) is 1. The van der Waals surface area contributed by atoms with Crippen LogP contribution >= 0.6 is 0 Å². The van der Waals surface area contributed by atoms with Gasteiger partial charge in [-0.3, -0.25) is 4.79 Å². The third-order valence-corrected chi connectivity index (χ3v) is 4.81. The van der Waals surface area contributed by atoms with Gasteiger partial charge >= 0.3 is 0 Å². The minimum absolute atomic E-state index is 0.0730. The summed E-state index contributed by atoms with van der Waals surface area (Å²) in [6.45, 7) is 1.58. The topological polar surface area (TPSA) is 51.2 Å². The minimum atomic E-state index is -3.06. The summed E-state index contributed by atoms with van der Waals surface area (Å²) in [4.78, 5) is 12.0. The summed E-state index contributed by atoms with van der Waals surface area (Å²) in [5.41, 5.74) is 0.794. The predicted octanol–water partition coefficient (Wildman–Crippen LogP) is 1.75. The highest BCUT2D eigenvalue weighted by atomic mass is 32.2. The molecule has 0 spiro atoms. The SMILES string of the molecule is Cc1cc(C(=O)C2CCS(=O)(=O)C2)ccc1F. The molecule has 0 radical (unpaired) electrons. The number of rotatable bonds is 2. The van der Waals surface area contributed by atoms with Crippen molar-refractivity contribution in [2.75, 3.05) is 11.5 Å². The Balaban J connectivity index is 2.23. The maximum atomic E-state index is 13.1. The second kappa shape index (κ2) is 4.22. The molecule has 1 aromatic rings. The van der Waals surface area contributed by atoms with E-state index in [2.05, 4.69) is 0 Å². The van der Waals surface area contributed by atoms with Crippen molar-refractivity contribution in [2.45, 2.75) is 13.3 Å². The van der Waals surface area contributed by atoms with Gasteiger partial charge in [-0.15, -0.1) is 0 Å². The third kappa shape index (κ3) is 2.54. The van der Waals surface area contributed by atoms with Crippen molar-refractivity contribution in [3.8, 4) is 0 Å². The molecule has 2 rings (SSSR count). The van der Waals surface area contributed by atoms with E-state index in [1.54, 1.807) is 6.92 Å². The van der Waals surface area contributed by atoms with Crippen LogP contribution in [0.5, 0.6) is 0 Å². The Bertz CT molecular complexity index is 563. The molecule has 1 heterocycles. The molecule has 1 saturated heterocycles. The van der Waals surface area contributed by atoms with Crippen LogP contribution in [0.25, 0.3) is 0 Å². The molecule has 5 heteroatoms. The van der Waals surface area contributed by atoms with Gasteiger partial charge in [0.1, 0.15) is 5.82 Å². The van der Waals surface area contributed by atoms with Crippen LogP contribution in [0.3, 0.4) is 0 Å². The van der Waals surface area contributed by atoms with Gasteiger partial charge < -0.3 is 0 Å². The van der Waals surface area contributed by atoms with E-state index < -0.39 is 15.8 Å². The number of aryl methyl sites for hydroxylation is 1. The Morgan fingerprint density at radius 1 is 1.41 bits per heavy atom. The molecule has 92 valence electrons. The lowest BCUT2D eigenvalue weighted by Gasteiger charge is -2.07. The van der Waals surface area contributed by atoms with Crippen LogP contribution in [-0.2, 0) is 9.84 Å². The molecule has 0 N–H and O–H groups in total. The van der Waals surface area contributed by atoms with Crippen molar-refractivity contribution in [1.82, 2.24) is 0 Å². The standard InChI is InChI=1S/C12H13FO3S/c1-8-6-9(2-3-11(8)13)12(14)10-4-5-17(15,16)7-10/h2-3,6,10H,4-5,7H2,1H3. The van der Waals surface area contributed by atoms with Crippen LogP contribution in [0.4, 0.5) is 4.39 Å². The first-order valence-electron chi connectivity index (χ1n) is 5.40. The lowest BCUT2D eigenvalue weighted by Crippen LogP contribution is -2.16. The Kier molecular flexibility index (Phi) is 3.03. The van der Waals surface area contributed by atoms with E-state index in [0.29, 0.717) is 17.5 Å². The molecule has 0 bridgehead atoms. The average molecular weight is 256 g/mol. The first kappa shape index (κ1) is 12.2. The first-order valence-corrected chi connectivity index (χ1v) is 7.22. The predicted molar refractivity (Wildman–Crippen MR) is 62.2 cm³/mol. The Hall–Kier alpha value is -1.23. The summed E-state index contributed by atoms with van der Waals surface area (Å²) in [7, 11) is -3.06. The van der Waals surface area contributed by atoms with E-state index in [1.165, 1.54) is 18.2 Å². The molecule has 0 aliphatic carbocycles. The summed E-state index contributed by atoms with van der Waals surface area (Å²) in [6, 6.07) is 4.13. The fourth-order valence-electron chi connectivity index (χ4n) is 2.04. The van der Waals surface area contributed by atoms with Crippen molar-refractivity contribution in [2.24, 2.45) is 5.92 Å². The molecule has 1 aliphatic rings. The van der Waals surface area contributed by atoms with Crippen LogP contribution < -0.4 is 0 Å². The number of sulfone groups is 1. The van der Waals surface area contributed by atoms with Crippen LogP contribution in [0.15, 0.2) is 18.2 Å². The largest absolute Gasteiger partial charge is 0.294 e. The maximum absolute atomic E-state index is 13.1. The molecule has 1 aliphatic heterocycles. The van der Waals surface area contributed by atoms with E-state index >= 15 is 0 Å². The van der Waals surface area contributed by atoms with Gasteiger partial charge in [-0.25, -0.2) is 12.8 Å². The van der Waals surface area contributed by atoms with Gasteiger partial charge in [0.05, 0.1) is 11.5 Å². The van der Waals surface area contributed by atoms with Gasteiger partial charge in [-0.1, -0.05) is 0 Å². The molecule has 1 aromatic carbocycles. The van der Waals surface area contributed by atoms with Gasteiger partial charge in [0.2, 0.25) is 0 Å². The van der Waals surface area contributed by atoms with E-state index in [9.17, 15) is 17.6 Å². The van der Waals surface area contributed by atoms with Crippen molar-refractivity contribution in [1.29, 1.82) is 0 Å². The number of hydrogen-bond acceptors (Lipinski definition) is 3. The highest BCUT2D eigenvalue weighted by Crippen LogP contribution is 2.23. The Labute approximate surface area is 99.6 Å². The average Bonchev–Trinajstić information content (AvgIpc) is 2.62. The molecule has 0 amide bonds. The monoisotopic (exact) mass is 256 g/mol. The molecule has 1 atom stereocenters. The van der Waals surface area contributed by atoms with E-state index in [4.69, 9.17) is 0 Å². The van der Waals surface area contributed by atoms with Gasteiger partial charge in [-0.05, 0) is 37.1 Å². The number of carbonyl (C=O) groups excluding carboxylic acids is 1.